The van der Waals surface area contributed by atoms with Crippen molar-refractivity contribution in [1.82, 2.24) is 15.1 Å². The van der Waals surface area contributed by atoms with Gasteiger partial charge in [0.1, 0.15) is 16.5 Å². The summed E-state index contributed by atoms with van der Waals surface area (Å²) in [7, 11) is 1.50. The standard InChI is InChI=1S/C12H11FN4OS/c1-15-12(18)9-4-5-17(16-9)10-3-2-7(11(14)19)6-8(10)13/h2-6H,1H3,(H2,14,19)(H,15,18). The third-order valence-electron chi connectivity index (χ3n) is 2.53. The van der Waals surface area contributed by atoms with Gasteiger partial charge in [-0.15, -0.1) is 0 Å². The summed E-state index contributed by atoms with van der Waals surface area (Å²) in [6.07, 6.45) is 1.50. The molecule has 0 saturated heterocycles. The van der Waals surface area contributed by atoms with Crippen molar-refractivity contribution in [2.45, 2.75) is 0 Å². The summed E-state index contributed by atoms with van der Waals surface area (Å²) in [6.45, 7) is 0. The van der Waals surface area contributed by atoms with Crippen LogP contribution in [0.5, 0.6) is 0 Å². The Bertz CT molecular complexity index is 653. The highest BCUT2D eigenvalue weighted by molar-refractivity contribution is 7.80. The van der Waals surface area contributed by atoms with Crippen LogP contribution in [0.1, 0.15) is 16.1 Å². The highest BCUT2D eigenvalue weighted by Gasteiger charge is 2.11. The molecule has 2 rings (SSSR count). The molecule has 3 N–H and O–H groups in total. The normalized spacial score (nSPS) is 10.2. The zero-order valence-electron chi connectivity index (χ0n) is 10.1. The average Bonchev–Trinajstić information content (AvgIpc) is 2.87. The largest absolute Gasteiger partial charge is 0.389 e. The number of nitrogens with one attached hydrogen (secondary N) is 1. The van der Waals surface area contributed by atoms with Gasteiger partial charge in [0.05, 0.1) is 0 Å². The maximum atomic E-state index is 13.9. The molecular weight excluding hydrogens is 267 g/mol. The van der Waals surface area contributed by atoms with Gasteiger partial charge in [0.25, 0.3) is 5.91 Å². The van der Waals surface area contributed by atoms with Gasteiger partial charge in [-0.05, 0) is 24.3 Å². The van der Waals surface area contributed by atoms with Crippen molar-refractivity contribution in [3.8, 4) is 5.69 Å². The monoisotopic (exact) mass is 278 g/mol. The SMILES string of the molecule is CNC(=O)c1ccn(-c2ccc(C(N)=S)cc2F)n1. The molecule has 0 aliphatic carbocycles. The van der Waals surface area contributed by atoms with E-state index < -0.39 is 5.82 Å². The molecule has 0 unspecified atom stereocenters. The van der Waals surface area contributed by atoms with Crippen LogP contribution in [0.3, 0.4) is 0 Å². The van der Waals surface area contributed by atoms with E-state index in [0.717, 1.165) is 0 Å². The van der Waals surface area contributed by atoms with Crippen LogP contribution in [-0.2, 0) is 0 Å². The van der Waals surface area contributed by atoms with Crippen molar-refractivity contribution in [3.05, 3.63) is 47.5 Å². The summed E-state index contributed by atoms with van der Waals surface area (Å²) in [5.74, 6) is -0.851. The number of halogens is 1. The molecule has 0 saturated carbocycles. The van der Waals surface area contributed by atoms with Crippen molar-refractivity contribution < 1.29 is 9.18 Å². The first-order valence-corrected chi connectivity index (χ1v) is 5.81. The number of carbonyl (C=O) groups is 1. The fourth-order valence-electron chi connectivity index (χ4n) is 1.55. The molecule has 0 atom stereocenters. The fraction of sp³-hybridized carbons (Fsp3) is 0.0833. The molecule has 0 aliphatic heterocycles. The Labute approximate surface area is 114 Å². The Morgan fingerprint density at radius 3 is 2.79 bits per heavy atom. The second kappa shape index (κ2) is 5.15. The predicted octanol–water partition coefficient (Wildman–Crippen LogP) is 1.01. The second-order valence-electron chi connectivity index (χ2n) is 3.76. The van der Waals surface area contributed by atoms with Gasteiger partial charge in [0.2, 0.25) is 0 Å². The molecule has 0 radical (unpaired) electrons. The van der Waals surface area contributed by atoms with Crippen LogP contribution in [0, 0.1) is 5.82 Å². The van der Waals surface area contributed by atoms with Gasteiger partial charge in [-0.2, -0.15) is 5.10 Å². The first-order chi connectivity index (χ1) is 9.02. The van der Waals surface area contributed by atoms with Crippen LogP contribution in [0.2, 0.25) is 0 Å². The molecule has 2 aromatic rings. The van der Waals surface area contributed by atoms with Gasteiger partial charge in [0.15, 0.2) is 5.69 Å². The molecular formula is C12H11FN4OS. The summed E-state index contributed by atoms with van der Waals surface area (Å²) in [5, 5.41) is 6.43. The lowest BCUT2D eigenvalue weighted by Crippen LogP contribution is -2.18. The van der Waals surface area contributed by atoms with Crippen LogP contribution in [-0.4, -0.2) is 27.7 Å². The molecule has 1 heterocycles. The van der Waals surface area contributed by atoms with E-state index in [1.165, 1.54) is 36.1 Å². The van der Waals surface area contributed by atoms with E-state index in [4.69, 9.17) is 18.0 Å². The highest BCUT2D eigenvalue weighted by Crippen LogP contribution is 2.15. The average molecular weight is 278 g/mol. The van der Waals surface area contributed by atoms with Gasteiger partial charge < -0.3 is 11.1 Å². The minimum atomic E-state index is -0.517. The third kappa shape index (κ3) is 2.60. The Kier molecular flexibility index (Phi) is 3.57. The van der Waals surface area contributed by atoms with E-state index >= 15 is 0 Å². The van der Waals surface area contributed by atoms with Crippen molar-refractivity contribution in [1.29, 1.82) is 0 Å². The molecule has 1 amide bonds. The molecule has 98 valence electrons. The van der Waals surface area contributed by atoms with Gasteiger partial charge >= 0.3 is 0 Å². The summed E-state index contributed by atoms with van der Waals surface area (Å²) in [5.41, 5.74) is 6.29. The fourth-order valence-corrected chi connectivity index (χ4v) is 1.68. The minimum Gasteiger partial charge on any atom is -0.389 e. The zero-order chi connectivity index (χ0) is 14.0. The summed E-state index contributed by atoms with van der Waals surface area (Å²) < 4.78 is 15.2. The van der Waals surface area contributed by atoms with E-state index in [9.17, 15) is 9.18 Å². The number of aromatic nitrogens is 2. The molecule has 1 aromatic heterocycles. The quantitative estimate of drug-likeness (QED) is 0.822. The van der Waals surface area contributed by atoms with Crippen molar-refractivity contribution in [3.63, 3.8) is 0 Å². The Hall–Kier alpha value is -2.28. The summed E-state index contributed by atoms with van der Waals surface area (Å²) in [6, 6.07) is 5.84. The van der Waals surface area contributed by atoms with Crippen molar-refractivity contribution >= 4 is 23.1 Å². The molecule has 0 aliphatic rings. The third-order valence-corrected chi connectivity index (χ3v) is 2.76. The topological polar surface area (TPSA) is 72.9 Å². The lowest BCUT2D eigenvalue weighted by molar-refractivity contribution is 0.0957. The summed E-state index contributed by atoms with van der Waals surface area (Å²) in [4.78, 5) is 11.5. The number of amides is 1. The van der Waals surface area contributed by atoms with E-state index in [1.807, 2.05) is 0 Å². The molecule has 7 heteroatoms. The maximum Gasteiger partial charge on any atom is 0.271 e. The van der Waals surface area contributed by atoms with Crippen LogP contribution < -0.4 is 11.1 Å². The van der Waals surface area contributed by atoms with Crippen LogP contribution in [0.4, 0.5) is 4.39 Å². The molecule has 5 nitrogen and oxygen atoms in total. The lowest BCUT2D eigenvalue weighted by Gasteiger charge is -2.05. The number of thiocarbonyl (C=S) groups is 1. The lowest BCUT2D eigenvalue weighted by atomic mass is 10.2. The van der Waals surface area contributed by atoms with Gasteiger partial charge in [0, 0.05) is 18.8 Å². The predicted molar refractivity (Wildman–Crippen MR) is 72.8 cm³/mol. The Balaban J connectivity index is 2.39. The number of rotatable bonds is 3. The molecule has 0 fully saturated rings. The molecule has 0 bridgehead atoms. The van der Waals surface area contributed by atoms with E-state index in [-0.39, 0.29) is 22.3 Å². The Morgan fingerprint density at radius 2 is 2.21 bits per heavy atom. The minimum absolute atomic E-state index is 0.122. The molecule has 1 aromatic carbocycles. The second-order valence-corrected chi connectivity index (χ2v) is 4.19. The number of benzene rings is 1. The number of hydrogen-bond acceptors (Lipinski definition) is 3. The number of carbonyl (C=O) groups excluding carboxylic acids is 1. The number of nitrogens with zero attached hydrogens (tertiary/aromatic N) is 2. The first kappa shape index (κ1) is 13.2. The first-order valence-electron chi connectivity index (χ1n) is 5.40. The van der Waals surface area contributed by atoms with Crippen LogP contribution in [0.25, 0.3) is 5.69 Å². The van der Waals surface area contributed by atoms with Gasteiger partial charge in [-0.25, -0.2) is 9.07 Å². The maximum absolute atomic E-state index is 13.9. The summed E-state index contributed by atoms with van der Waals surface area (Å²) >= 11 is 4.77. The zero-order valence-corrected chi connectivity index (χ0v) is 10.9. The van der Waals surface area contributed by atoms with Gasteiger partial charge in [-0.3, -0.25) is 4.79 Å². The molecule has 0 spiro atoms. The van der Waals surface area contributed by atoms with E-state index in [0.29, 0.717) is 5.56 Å². The van der Waals surface area contributed by atoms with Crippen LogP contribution >= 0.6 is 12.2 Å². The van der Waals surface area contributed by atoms with Crippen molar-refractivity contribution in [2.24, 2.45) is 5.73 Å². The number of nitrogens with two attached hydrogens (primary N) is 1. The van der Waals surface area contributed by atoms with E-state index in [2.05, 4.69) is 10.4 Å². The van der Waals surface area contributed by atoms with Gasteiger partial charge in [-0.1, -0.05) is 12.2 Å². The Morgan fingerprint density at radius 1 is 1.47 bits per heavy atom. The highest BCUT2D eigenvalue weighted by atomic mass is 32.1. The van der Waals surface area contributed by atoms with E-state index in [1.54, 1.807) is 6.07 Å². The van der Waals surface area contributed by atoms with Crippen LogP contribution in [0.15, 0.2) is 30.5 Å². The molecule has 19 heavy (non-hydrogen) atoms. The number of hydrogen-bond donors (Lipinski definition) is 2. The smallest absolute Gasteiger partial charge is 0.271 e. The van der Waals surface area contributed by atoms with Crippen molar-refractivity contribution in [2.75, 3.05) is 7.05 Å².